The van der Waals surface area contributed by atoms with Crippen molar-refractivity contribution in [2.24, 2.45) is 0 Å². The average molecular weight is 536 g/mol. The highest BCUT2D eigenvalue weighted by Crippen LogP contribution is 2.44. The van der Waals surface area contributed by atoms with Crippen molar-refractivity contribution < 1.29 is 37.6 Å². The molecule has 0 spiro atoms. The van der Waals surface area contributed by atoms with Crippen LogP contribution in [0.4, 0.5) is 5.69 Å². The van der Waals surface area contributed by atoms with Gasteiger partial charge in [-0.1, -0.05) is 0 Å². The number of carbonyl (C=O) groups is 1. The van der Waals surface area contributed by atoms with Crippen molar-refractivity contribution in [1.82, 2.24) is 0 Å². The number of benzene rings is 2. The summed E-state index contributed by atoms with van der Waals surface area (Å²) in [5, 5.41) is 2.88. The van der Waals surface area contributed by atoms with Crippen LogP contribution in [0.15, 0.2) is 51.6 Å². The smallest absolute Gasteiger partial charge is 0.228 e. The van der Waals surface area contributed by atoms with Crippen LogP contribution in [0.1, 0.15) is 5.56 Å². The lowest BCUT2D eigenvalue weighted by atomic mass is 10.00. The van der Waals surface area contributed by atoms with E-state index in [2.05, 4.69) is 21.2 Å². The first kappa shape index (κ1) is 25.4. The van der Waals surface area contributed by atoms with Crippen LogP contribution in [-0.2, 0) is 20.7 Å². The van der Waals surface area contributed by atoms with Gasteiger partial charge in [-0.3, -0.25) is 4.79 Å². The van der Waals surface area contributed by atoms with Gasteiger partial charge in [0.25, 0.3) is 0 Å². The van der Waals surface area contributed by atoms with E-state index in [-0.39, 0.29) is 25.9 Å². The van der Waals surface area contributed by atoms with E-state index in [0.717, 1.165) is 0 Å². The maximum absolute atomic E-state index is 13.1. The second-order valence-corrected chi connectivity index (χ2v) is 7.74. The van der Waals surface area contributed by atoms with Crippen LogP contribution in [0.2, 0.25) is 0 Å². The maximum Gasteiger partial charge on any atom is 0.228 e. The summed E-state index contributed by atoms with van der Waals surface area (Å²) in [4.78, 5) is 13.1. The van der Waals surface area contributed by atoms with E-state index >= 15 is 0 Å². The molecule has 1 amide bonds. The summed E-state index contributed by atoms with van der Waals surface area (Å²) >= 11 is 3.58. The van der Waals surface area contributed by atoms with Crippen molar-refractivity contribution in [2.45, 2.75) is 6.42 Å². The Morgan fingerprint density at radius 3 is 2.15 bits per heavy atom. The fraction of sp³-hybridized carbons (Fsp3) is 0.292. The second kappa shape index (κ2) is 12.3. The molecule has 3 aromatic rings. The largest absolute Gasteiger partial charge is 0.497 e. The van der Waals surface area contributed by atoms with Crippen LogP contribution < -0.4 is 24.3 Å². The first-order valence-electron chi connectivity index (χ1n) is 10.2. The predicted molar refractivity (Wildman–Crippen MR) is 129 cm³/mol. The normalized spacial score (nSPS) is 10.6. The Balaban J connectivity index is 2.01. The van der Waals surface area contributed by atoms with Gasteiger partial charge in [0.05, 0.1) is 36.9 Å². The Bertz CT molecular complexity index is 1080. The fourth-order valence-corrected chi connectivity index (χ4v) is 3.80. The molecule has 34 heavy (non-hydrogen) atoms. The molecule has 1 N–H and O–H groups in total. The SMILES string of the molecule is COCOc1cc(OCOC)c(-c2ccco2)c(CC(=O)Nc2cc(OC)cc(OC)c2)c1Br. The van der Waals surface area contributed by atoms with Gasteiger partial charge >= 0.3 is 0 Å². The molecular formula is C24H26BrNO8. The molecule has 2 aromatic carbocycles. The highest BCUT2D eigenvalue weighted by Gasteiger charge is 2.24. The minimum absolute atomic E-state index is 0.00566. The summed E-state index contributed by atoms with van der Waals surface area (Å²) in [6.45, 7) is 0.00591. The van der Waals surface area contributed by atoms with Gasteiger partial charge in [0.1, 0.15) is 28.8 Å². The van der Waals surface area contributed by atoms with Gasteiger partial charge < -0.3 is 38.2 Å². The Hall–Kier alpha value is -3.21. The van der Waals surface area contributed by atoms with E-state index in [9.17, 15) is 4.79 Å². The van der Waals surface area contributed by atoms with Crippen LogP contribution in [0.25, 0.3) is 11.3 Å². The number of carbonyl (C=O) groups excluding carboxylic acids is 1. The van der Waals surface area contributed by atoms with Gasteiger partial charge in [0, 0.05) is 44.2 Å². The Morgan fingerprint density at radius 2 is 1.59 bits per heavy atom. The molecule has 0 unspecified atom stereocenters. The summed E-state index contributed by atoms with van der Waals surface area (Å²) < 4.78 is 38.4. The Kier molecular flexibility index (Phi) is 9.20. The molecule has 0 aliphatic rings. The zero-order chi connectivity index (χ0) is 24.5. The molecule has 0 radical (unpaired) electrons. The topological polar surface area (TPSA) is 97.6 Å². The number of furan rings is 1. The van der Waals surface area contributed by atoms with Crippen LogP contribution in [-0.4, -0.2) is 47.9 Å². The zero-order valence-electron chi connectivity index (χ0n) is 19.3. The van der Waals surface area contributed by atoms with Gasteiger partial charge in [-0.25, -0.2) is 0 Å². The Morgan fingerprint density at radius 1 is 0.941 bits per heavy atom. The summed E-state index contributed by atoms with van der Waals surface area (Å²) in [7, 11) is 6.12. The molecule has 0 atom stereocenters. The van der Waals surface area contributed by atoms with Gasteiger partial charge in [0.15, 0.2) is 13.6 Å². The first-order valence-corrected chi connectivity index (χ1v) is 11.0. The molecule has 10 heteroatoms. The zero-order valence-corrected chi connectivity index (χ0v) is 20.9. The van der Waals surface area contributed by atoms with Crippen LogP contribution in [0.5, 0.6) is 23.0 Å². The van der Waals surface area contributed by atoms with Gasteiger partial charge in [-0.15, -0.1) is 0 Å². The van der Waals surface area contributed by atoms with E-state index < -0.39 is 0 Å². The van der Waals surface area contributed by atoms with E-state index in [0.29, 0.717) is 50.0 Å². The lowest BCUT2D eigenvalue weighted by molar-refractivity contribution is -0.115. The summed E-state index contributed by atoms with van der Waals surface area (Å²) in [5.74, 6) is 2.21. The molecule has 0 aliphatic carbocycles. The second-order valence-electron chi connectivity index (χ2n) is 6.95. The first-order chi connectivity index (χ1) is 16.5. The summed E-state index contributed by atoms with van der Waals surface area (Å²) in [6, 6.07) is 10.4. The molecule has 182 valence electrons. The standard InChI is InChI=1S/C24H26BrNO8/c1-28-13-33-20-12-21(34-14-29-2)24(25)18(23(20)19-6-5-7-32-19)11-22(27)26-15-8-16(30-3)10-17(9-15)31-4/h5-10,12H,11,13-14H2,1-4H3,(H,26,27). The van der Waals surface area contributed by atoms with Crippen molar-refractivity contribution in [2.75, 3.05) is 47.3 Å². The molecule has 0 bridgehead atoms. The number of halogens is 1. The third-order valence-corrected chi connectivity index (χ3v) is 5.57. The molecule has 1 heterocycles. The van der Waals surface area contributed by atoms with Gasteiger partial charge in [-0.05, 0) is 33.6 Å². The van der Waals surface area contributed by atoms with E-state index in [4.69, 9.17) is 32.8 Å². The number of rotatable bonds is 12. The van der Waals surface area contributed by atoms with Crippen molar-refractivity contribution in [1.29, 1.82) is 0 Å². The van der Waals surface area contributed by atoms with Crippen molar-refractivity contribution >= 4 is 27.5 Å². The van der Waals surface area contributed by atoms with Crippen molar-refractivity contribution in [3.8, 4) is 34.3 Å². The number of ether oxygens (including phenoxy) is 6. The van der Waals surface area contributed by atoms with Gasteiger partial charge in [-0.2, -0.15) is 0 Å². The highest BCUT2D eigenvalue weighted by molar-refractivity contribution is 9.10. The minimum Gasteiger partial charge on any atom is -0.497 e. The van der Waals surface area contributed by atoms with Crippen molar-refractivity contribution in [3.05, 3.63) is 52.7 Å². The fourth-order valence-electron chi connectivity index (χ4n) is 3.23. The highest BCUT2D eigenvalue weighted by atomic mass is 79.9. The number of hydrogen-bond acceptors (Lipinski definition) is 8. The summed E-state index contributed by atoms with van der Waals surface area (Å²) in [5.41, 5.74) is 1.72. The quantitative estimate of drug-likeness (QED) is 0.328. The number of methoxy groups -OCH3 is 4. The van der Waals surface area contributed by atoms with E-state index in [1.165, 1.54) is 14.2 Å². The van der Waals surface area contributed by atoms with Gasteiger partial charge in [0.2, 0.25) is 5.91 Å². The maximum atomic E-state index is 13.1. The molecule has 0 saturated heterocycles. The molecule has 0 saturated carbocycles. The molecule has 3 rings (SSSR count). The van der Waals surface area contributed by atoms with Crippen LogP contribution >= 0.6 is 15.9 Å². The molecule has 1 aromatic heterocycles. The average Bonchev–Trinajstić information content (AvgIpc) is 3.37. The third kappa shape index (κ3) is 6.22. The van der Waals surface area contributed by atoms with E-state index in [1.54, 1.807) is 56.9 Å². The molecule has 0 fully saturated rings. The van der Waals surface area contributed by atoms with Crippen LogP contribution in [0, 0.1) is 0 Å². The predicted octanol–water partition coefficient (Wildman–Crippen LogP) is 4.87. The van der Waals surface area contributed by atoms with Crippen molar-refractivity contribution in [3.63, 3.8) is 0 Å². The minimum atomic E-state index is -0.287. The number of nitrogens with one attached hydrogen (secondary N) is 1. The lowest BCUT2D eigenvalue weighted by Crippen LogP contribution is -2.16. The molecule has 0 aliphatic heterocycles. The monoisotopic (exact) mass is 535 g/mol. The van der Waals surface area contributed by atoms with E-state index in [1.807, 2.05) is 0 Å². The summed E-state index contributed by atoms with van der Waals surface area (Å²) in [6.07, 6.45) is 1.52. The molecule has 9 nitrogen and oxygen atoms in total. The Labute approximate surface area is 206 Å². The lowest BCUT2D eigenvalue weighted by Gasteiger charge is -2.19. The van der Waals surface area contributed by atoms with Crippen LogP contribution in [0.3, 0.4) is 0 Å². The number of hydrogen-bond donors (Lipinski definition) is 1. The molecular weight excluding hydrogens is 510 g/mol. The third-order valence-electron chi connectivity index (χ3n) is 4.70. The number of amides is 1. The number of anilines is 1.